The van der Waals surface area contributed by atoms with E-state index in [1.807, 2.05) is 25.4 Å². The van der Waals surface area contributed by atoms with Crippen molar-refractivity contribution in [3.8, 4) is 39.8 Å². The molecule has 5 aromatic rings. The summed E-state index contributed by atoms with van der Waals surface area (Å²) in [5, 5.41) is 9.76. The van der Waals surface area contributed by atoms with Gasteiger partial charge in [0.05, 0.1) is 38.7 Å². The van der Waals surface area contributed by atoms with Crippen LogP contribution in [0.4, 0.5) is 0 Å². The van der Waals surface area contributed by atoms with Crippen LogP contribution in [0.1, 0.15) is 0 Å². The number of pyridine rings is 1. The van der Waals surface area contributed by atoms with E-state index in [4.69, 9.17) is 14.2 Å². The molecule has 0 spiro atoms. The Bertz CT molecular complexity index is 1390. The number of nitrogens with one attached hydrogen (secondary N) is 1. The minimum absolute atomic E-state index is 0.548. The molecule has 0 atom stereocenters. The van der Waals surface area contributed by atoms with E-state index in [0.29, 0.717) is 17.2 Å². The second kappa shape index (κ2) is 7.36. The Morgan fingerprint density at radius 3 is 2.35 bits per heavy atom. The van der Waals surface area contributed by atoms with Crippen molar-refractivity contribution in [1.82, 2.24) is 19.7 Å². The Morgan fingerprint density at radius 2 is 1.65 bits per heavy atom. The van der Waals surface area contributed by atoms with E-state index in [0.717, 1.165) is 33.4 Å². The molecule has 5 rings (SSSR count). The molecule has 0 unspecified atom stereocenters. The Hall–Kier alpha value is -4.00. The van der Waals surface area contributed by atoms with Gasteiger partial charge in [0.15, 0.2) is 11.5 Å². The molecular formula is C24H22N4O3. The number of hydrogen-bond donors (Lipinski definition) is 1. The monoisotopic (exact) mass is 414 g/mol. The fourth-order valence-corrected chi connectivity index (χ4v) is 3.95. The number of hydrogen-bond acceptors (Lipinski definition) is 5. The van der Waals surface area contributed by atoms with Crippen molar-refractivity contribution in [2.75, 3.05) is 21.3 Å². The van der Waals surface area contributed by atoms with Gasteiger partial charge in [0.25, 0.3) is 0 Å². The van der Waals surface area contributed by atoms with Crippen LogP contribution in [-0.2, 0) is 7.05 Å². The molecular weight excluding hydrogens is 392 g/mol. The number of benzene rings is 2. The van der Waals surface area contributed by atoms with E-state index in [2.05, 4.69) is 56.3 Å². The number of aromatic nitrogens is 4. The van der Waals surface area contributed by atoms with Crippen LogP contribution >= 0.6 is 0 Å². The predicted octanol–water partition coefficient (Wildman–Crippen LogP) is 4.81. The van der Waals surface area contributed by atoms with Crippen LogP contribution in [-0.4, -0.2) is 41.1 Å². The van der Waals surface area contributed by atoms with Crippen molar-refractivity contribution in [2.24, 2.45) is 7.05 Å². The first-order chi connectivity index (χ1) is 15.1. The van der Waals surface area contributed by atoms with Gasteiger partial charge in [-0.15, -0.1) is 0 Å². The summed E-state index contributed by atoms with van der Waals surface area (Å²) in [6.07, 6.45) is 3.87. The summed E-state index contributed by atoms with van der Waals surface area (Å²) in [4.78, 5) is 4.65. The molecule has 2 aromatic carbocycles. The Balaban J connectivity index is 1.66. The number of methoxy groups -OCH3 is 3. The van der Waals surface area contributed by atoms with Gasteiger partial charge in [0.1, 0.15) is 5.69 Å². The molecule has 0 saturated heterocycles. The number of H-pyrrole nitrogens is 1. The lowest BCUT2D eigenvalue weighted by Gasteiger charge is -2.13. The topological polar surface area (TPSA) is 74.2 Å². The van der Waals surface area contributed by atoms with Crippen LogP contribution < -0.4 is 14.2 Å². The smallest absolute Gasteiger partial charge is 0.203 e. The molecule has 1 N–H and O–H groups in total. The summed E-state index contributed by atoms with van der Waals surface area (Å²) < 4.78 is 18.6. The molecule has 3 aromatic heterocycles. The van der Waals surface area contributed by atoms with Gasteiger partial charge in [-0.05, 0) is 36.4 Å². The third-order valence-electron chi connectivity index (χ3n) is 5.57. The van der Waals surface area contributed by atoms with Crippen molar-refractivity contribution in [3.05, 3.63) is 54.9 Å². The van der Waals surface area contributed by atoms with Gasteiger partial charge in [-0.2, -0.15) is 5.10 Å². The van der Waals surface area contributed by atoms with Gasteiger partial charge < -0.3 is 18.8 Å². The van der Waals surface area contributed by atoms with Crippen molar-refractivity contribution < 1.29 is 14.2 Å². The number of aryl methyl sites for hydroxylation is 1. The second-order valence-electron chi connectivity index (χ2n) is 7.30. The third kappa shape index (κ3) is 3.06. The van der Waals surface area contributed by atoms with Gasteiger partial charge >= 0.3 is 0 Å². The van der Waals surface area contributed by atoms with Crippen LogP contribution in [0.3, 0.4) is 0 Å². The lowest BCUT2D eigenvalue weighted by molar-refractivity contribution is 0.324. The number of fused-ring (bicyclic) bond motifs is 2. The highest BCUT2D eigenvalue weighted by Gasteiger charge is 2.18. The maximum absolute atomic E-state index is 5.51. The lowest BCUT2D eigenvalue weighted by atomic mass is 10.0. The molecule has 7 heteroatoms. The summed E-state index contributed by atoms with van der Waals surface area (Å²) in [5.41, 5.74) is 5.63. The standard InChI is InChI=1S/C24H22N4O3/c1-28-8-7-15-9-14(5-6-20(15)28)18-12-17-19(13-25-18)26-27-23(17)16-10-21(29-2)24(31-4)22(11-16)30-3/h5-13H,1-4H3,(H,26,27). The number of rotatable bonds is 5. The van der Waals surface area contributed by atoms with Gasteiger partial charge in [0, 0.05) is 40.7 Å². The van der Waals surface area contributed by atoms with E-state index in [1.54, 1.807) is 21.3 Å². The molecule has 31 heavy (non-hydrogen) atoms. The van der Waals surface area contributed by atoms with Crippen LogP contribution in [0, 0.1) is 0 Å². The quantitative estimate of drug-likeness (QED) is 0.447. The zero-order valence-corrected chi connectivity index (χ0v) is 17.8. The first-order valence-electron chi connectivity index (χ1n) is 9.83. The summed E-state index contributed by atoms with van der Waals surface area (Å²) >= 11 is 0. The van der Waals surface area contributed by atoms with Crippen LogP contribution in [0.25, 0.3) is 44.3 Å². The fraction of sp³-hybridized carbons (Fsp3) is 0.167. The molecule has 0 aliphatic carbocycles. The van der Waals surface area contributed by atoms with E-state index >= 15 is 0 Å². The van der Waals surface area contributed by atoms with Gasteiger partial charge in [0.2, 0.25) is 5.75 Å². The van der Waals surface area contributed by atoms with E-state index in [9.17, 15) is 0 Å². The van der Waals surface area contributed by atoms with Crippen LogP contribution in [0.2, 0.25) is 0 Å². The van der Waals surface area contributed by atoms with Crippen molar-refractivity contribution >= 4 is 21.8 Å². The van der Waals surface area contributed by atoms with E-state index < -0.39 is 0 Å². The Morgan fingerprint density at radius 1 is 0.871 bits per heavy atom. The summed E-state index contributed by atoms with van der Waals surface area (Å²) in [7, 11) is 6.84. The lowest BCUT2D eigenvalue weighted by Crippen LogP contribution is -1.96. The molecule has 0 radical (unpaired) electrons. The SMILES string of the molecule is COc1cc(-c2n[nH]c3cnc(-c4ccc5c(ccn5C)c4)cc23)cc(OC)c1OC. The maximum atomic E-state index is 5.51. The van der Waals surface area contributed by atoms with Crippen molar-refractivity contribution in [2.45, 2.75) is 0 Å². The zero-order valence-electron chi connectivity index (χ0n) is 17.8. The summed E-state index contributed by atoms with van der Waals surface area (Å²) in [6, 6.07) is 14.3. The first-order valence-corrected chi connectivity index (χ1v) is 9.83. The van der Waals surface area contributed by atoms with Gasteiger partial charge in [-0.3, -0.25) is 10.1 Å². The molecule has 0 amide bonds. The highest BCUT2D eigenvalue weighted by atomic mass is 16.5. The summed E-state index contributed by atoms with van der Waals surface area (Å²) in [6.45, 7) is 0. The largest absolute Gasteiger partial charge is 0.493 e. The normalized spacial score (nSPS) is 11.2. The summed E-state index contributed by atoms with van der Waals surface area (Å²) in [5.74, 6) is 1.71. The number of nitrogens with zero attached hydrogens (tertiary/aromatic N) is 3. The van der Waals surface area contributed by atoms with Crippen molar-refractivity contribution in [1.29, 1.82) is 0 Å². The van der Waals surface area contributed by atoms with Crippen LogP contribution in [0.15, 0.2) is 54.9 Å². The highest BCUT2D eigenvalue weighted by Crippen LogP contribution is 2.42. The van der Waals surface area contributed by atoms with Crippen molar-refractivity contribution in [3.63, 3.8) is 0 Å². The molecule has 0 fully saturated rings. The minimum Gasteiger partial charge on any atom is -0.493 e. The first kappa shape index (κ1) is 19.0. The number of ether oxygens (including phenoxy) is 3. The molecule has 0 bridgehead atoms. The van der Waals surface area contributed by atoms with Gasteiger partial charge in [-0.1, -0.05) is 6.07 Å². The Kier molecular flexibility index (Phi) is 4.51. The molecule has 0 aliphatic heterocycles. The second-order valence-corrected chi connectivity index (χ2v) is 7.30. The molecule has 0 saturated carbocycles. The average molecular weight is 414 g/mol. The van der Waals surface area contributed by atoms with Crippen LogP contribution in [0.5, 0.6) is 17.2 Å². The third-order valence-corrected chi connectivity index (χ3v) is 5.57. The van der Waals surface area contributed by atoms with E-state index in [1.165, 1.54) is 10.9 Å². The predicted molar refractivity (Wildman–Crippen MR) is 121 cm³/mol. The highest BCUT2D eigenvalue weighted by molar-refractivity contribution is 5.96. The zero-order chi connectivity index (χ0) is 21.5. The van der Waals surface area contributed by atoms with Gasteiger partial charge in [-0.25, -0.2) is 0 Å². The average Bonchev–Trinajstić information content (AvgIpc) is 3.40. The molecule has 156 valence electrons. The minimum atomic E-state index is 0.548. The Labute approximate surface area is 179 Å². The molecule has 0 aliphatic rings. The van der Waals surface area contributed by atoms with E-state index in [-0.39, 0.29) is 0 Å². The maximum Gasteiger partial charge on any atom is 0.203 e. The molecule has 3 heterocycles. The fourth-order valence-electron chi connectivity index (χ4n) is 3.95. The number of aromatic amines is 1. The molecule has 7 nitrogen and oxygen atoms in total.